The first kappa shape index (κ1) is 16.1. The molecule has 1 aliphatic heterocycles. The zero-order valence-electron chi connectivity index (χ0n) is 13.2. The van der Waals surface area contributed by atoms with Crippen LogP contribution in [-0.2, 0) is 4.79 Å². The van der Waals surface area contributed by atoms with Gasteiger partial charge in [-0.1, -0.05) is 20.3 Å². The molecule has 5 heteroatoms. The van der Waals surface area contributed by atoms with Crippen molar-refractivity contribution in [3.8, 4) is 0 Å². The summed E-state index contributed by atoms with van der Waals surface area (Å²) < 4.78 is 0. The predicted molar refractivity (Wildman–Crippen MR) is 81.1 cm³/mol. The van der Waals surface area contributed by atoms with Crippen molar-refractivity contribution in [1.29, 1.82) is 0 Å². The monoisotopic (exact) mass is 296 g/mol. The zero-order valence-corrected chi connectivity index (χ0v) is 13.2. The van der Waals surface area contributed by atoms with Crippen LogP contribution >= 0.6 is 0 Å². The second kappa shape index (κ2) is 6.67. The lowest BCUT2D eigenvalue weighted by atomic mass is 9.75. The number of carbonyl (C=O) groups excluding carboxylic acids is 1. The average molecular weight is 296 g/mol. The van der Waals surface area contributed by atoms with Crippen LogP contribution in [0, 0.1) is 11.3 Å². The number of nitrogens with zero attached hydrogens (tertiary/aromatic N) is 1. The summed E-state index contributed by atoms with van der Waals surface area (Å²) in [5, 5.41) is 12.0. The molecule has 2 rings (SSSR count). The summed E-state index contributed by atoms with van der Waals surface area (Å²) in [5.41, 5.74) is 0.324. The third-order valence-electron chi connectivity index (χ3n) is 4.90. The lowest BCUT2D eigenvalue weighted by Crippen LogP contribution is -2.49. The van der Waals surface area contributed by atoms with Gasteiger partial charge in [0.05, 0.1) is 0 Å². The number of carboxylic acid groups (broad SMARTS) is 1. The Morgan fingerprint density at radius 2 is 1.90 bits per heavy atom. The maximum atomic E-state index is 12.3. The van der Waals surface area contributed by atoms with Gasteiger partial charge in [-0.2, -0.15) is 0 Å². The van der Waals surface area contributed by atoms with Crippen LogP contribution in [0.4, 0.5) is 4.79 Å². The Kier molecular flexibility index (Phi) is 5.12. The summed E-state index contributed by atoms with van der Waals surface area (Å²) in [5.74, 6) is -0.512. The van der Waals surface area contributed by atoms with Crippen LogP contribution in [0.5, 0.6) is 0 Å². The first-order chi connectivity index (χ1) is 9.85. The molecule has 0 bridgehead atoms. The molecule has 1 heterocycles. The van der Waals surface area contributed by atoms with Crippen molar-refractivity contribution in [2.75, 3.05) is 13.1 Å². The number of hydrogen-bond donors (Lipinski definition) is 2. The number of piperidine rings is 1. The molecule has 120 valence electrons. The molecule has 0 spiro atoms. The van der Waals surface area contributed by atoms with Crippen molar-refractivity contribution in [3.63, 3.8) is 0 Å². The first-order valence-corrected chi connectivity index (χ1v) is 8.13. The number of urea groups is 1. The van der Waals surface area contributed by atoms with Gasteiger partial charge < -0.3 is 15.3 Å². The Balaban J connectivity index is 1.76. The molecule has 1 saturated heterocycles. The molecule has 2 fully saturated rings. The molecule has 21 heavy (non-hydrogen) atoms. The maximum Gasteiger partial charge on any atom is 0.317 e. The largest absolute Gasteiger partial charge is 0.481 e. The van der Waals surface area contributed by atoms with Gasteiger partial charge in [0.2, 0.25) is 0 Å². The summed E-state index contributed by atoms with van der Waals surface area (Å²) in [6.07, 6.45) is 6.37. The second-order valence-corrected chi connectivity index (χ2v) is 7.44. The van der Waals surface area contributed by atoms with Crippen molar-refractivity contribution in [1.82, 2.24) is 10.2 Å². The SMILES string of the molecule is CC1(C)CCCC(NC(=O)N2CCC(CC(=O)O)CC2)C1. The molecule has 0 radical (unpaired) electrons. The predicted octanol–water partition coefficient (Wildman–Crippen LogP) is 2.85. The minimum atomic E-state index is -0.734. The average Bonchev–Trinajstić information content (AvgIpc) is 2.37. The van der Waals surface area contributed by atoms with Crippen LogP contribution in [0.3, 0.4) is 0 Å². The first-order valence-electron chi connectivity index (χ1n) is 8.13. The highest BCUT2D eigenvalue weighted by molar-refractivity contribution is 5.74. The number of aliphatic carboxylic acids is 1. The van der Waals surface area contributed by atoms with Crippen molar-refractivity contribution in [2.45, 2.75) is 64.8 Å². The minimum Gasteiger partial charge on any atom is -0.481 e. The fourth-order valence-corrected chi connectivity index (χ4v) is 3.67. The Hall–Kier alpha value is -1.26. The topological polar surface area (TPSA) is 69.6 Å². The molecular formula is C16H28N2O3. The molecule has 1 unspecified atom stereocenters. The van der Waals surface area contributed by atoms with E-state index in [4.69, 9.17) is 5.11 Å². The van der Waals surface area contributed by atoms with Gasteiger partial charge in [0.25, 0.3) is 0 Å². The van der Waals surface area contributed by atoms with Crippen molar-refractivity contribution in [2.24, 2.45) is 11.3 Å². The highest BCUT2D eigenvalue weighted by Crippen LogP contribution is 2.35. The van der Waals surface area contributed by atoms with Gasteiger partial charge in [-0.05, 0) is 43.4 Å². The number of carbonyl (C=O) groups is 2. The van der Waals surface area contributed by atoms with Crippen molar-refractivity contribution < 1.29 is 14.7 Å². The molecule has 0 aromatic carbocycles. The Morgan fingerprint density at radius 1 is 1.24 bits per heavy atom. The van der Waals surface area contributed by atoms with E-state index in [2.05, 4.69) is 19.2 Å². The van der Waals surface area contributed by atoms with Gasteiger partial charge in [0.15, 0.2) is 0 Å². The Labute approximate surface area is 127 Å². The molecule has 2 N–H and O–H groups in total. The third kappa shape index (κ3) is 4.90. The second-order valence-electron chi connectivity index (χ2n) is 7.44. The normalized spacial score (nSPS) is 26.4. The molecule has 2 amide bonds. The fourth-order valence-electron chi connectivity index (χ4n) is 3.67. The fraction of sp³-hybridized carbons (Fsp3) is 0.875. The number of carboxylic acids is 1. The summed E-state index contributed by atoms with van der Waals surface area (Å²) in [7, 11) is 0. The van der Waals surface area contributed by atoms with Gasteiger partial charge in [0.1, 0.15) is 0 Å². The quantitative estimate of drug-likeness (QED) is 0.841. The third-order valence-corrected chi connectivity index (χ3v) is 4.90. The van der Waals surface area contributed by atoms with E-state index >= 15 is 0 Å². The lowest BCUT2D eigenvalue weighted by molar-refractivity contribution is -0.138. The standard InChI is InChI=1S/C16H28N2O3/c1-16(2)7-3-4-13(11-16)17-15(21)18-8-5-12(6-9-18)10-14(19)20/h12-13H,3-11H2,1-2H3,(H,17,21)(H,19,20). The summed E-state index contributed by atoms with van der Waals surface area (Å²) >= 11 is 0. The molecule has 5 nitrogen and oxygen atoms in total. The van der Waals surface area contributed by atoms with E-state index in [1.165, 1.54) is 12.8 Å². The molecule has 0 aromatic heterocycles. The number of rotatable bonds is 3. The lowest BCUT2D eigenvalue weighted by Gasteiger charge is -2.37. The van der Waals surface area contributed by atoms with E-state index in [-0.39, 0.29) is 24.4 Å². The molecule has 1 aliphatic carbocycles. The van der Waals surface area contributed by atoms with Crippen molar-refractivity contribution in [3.05, 3.63) is 0 Å². The van der Waals surface area contributed by atoms with E-state index in [0.29, 0.717) is 18.5 Å². The Bertz CT molecular complexity index is 387. The van der Waals surface area contributed by atoms with Crippen LogP contribution in [0.15, 0.2) is 0 Å². The van der Waals surface area contributed by atoms with Gasteiger partial charge in [-0.15, -0.1) is 0 Å². The number of amides is 2. The van der Waals surface area contributed by atoms with E-state index in [9.17, 15) is 9.59 Å². The van der Waals surface area contributed by atoms with Crippen LogP contribution < -0.4 is 5.32 Å². The van der Waals surface area contributed by atoms with E-state index in [0.717, 1.165) is 25.7 Å². The highest BCUT2D eigenvalue weighted by atomic mass is 16.4. The Morgan fingerprint density at radius 3 is 2.48 bits per heavy atom. The van der Waals surface area contributed by atoms with Crippen LogP contribution in [-0.4, -0.2) is 41.1 Å². The number of likely N-dealkylation sites (tertiary alicyclic amines) is 1. The maximum absolute atomic E-state index is 12.3. The van der Waals surface area contributed by atoms with Gasteiger partial charge in [0, 0.05) is 25.6 Å². The number of hydrogen-bond acceptors (Lipinski definition) is 2. The van der Waals surface area contributed by atoms with Crippen LogP contribution in [0.1, 0.15) is 58.8 Å². The van der Waals surface area contributed by atoms with E-state index in [1.54, 1.807) is 0 Å². The van der Waals surface area contributed by atoms with Gasteiger partial charge in [-0.25, -0.2) is 4.79 Å². The van der Waals surface area contributed by atoms with Gasteiger partial charge in [-0.3, -0.25) is 4.79 Å². The molecule has 1 atom stereocenters. The molecular weight excluding hydrogens is 268 g/mol. The number of nitrogens with one attached hydrogen (secondary N) is 1. The van der Waals surface area contributed by atoms with Gasteiger partial charge >= 0.3 is 12.0 Å². The summed E-state index contributed by atoms with van der Waals surface area (Å²) in [6.45, 7) is 5.89. The zero-order chi connectivity index (χ0) is 15.5. The smallest absolute Gasteiger partial charge is 0.317 e. The molecule has 1 saturated carbocycles. The van der Waals surface area contributed by atoms with Crippen LogP contribution in [0.2, 0.25) is 0 Å². The molecule has 2 aliphatic rings. The van der Waals surface area contributed by atoms with E-state index in [1.807, 2.05) is 4.90 Å². The minimum absolute atomic E-state index is 0.0338. The van der Waals surface area contributed by atoms with Crippen LogP contribution in [0.25, 0.3) is 0 Å². The van der Waals surface area contributed by atoms with E-state index < -0.39 is 5.97 Å². The molecule has 0 aromatic rings. The van der Waals surface area contributed by atoms with Crippen molar-refractivity contribution >= 4 is 12.0 Å². The highest BCUT2D eigenvalue weighted by Gasteiger charge is 2.30. The summed E-state index contributed by atoms with van der Waals surface area (Å²) in [4.78, 5) is 24.9. The summed E-state index contributed by atoms with van der Waals surface area (Å²) in [6, 6.07) is 0.324.